The molecule has 0 N–H and O–H groups in total. The van der Waals surface area contributed by atoms with Crippen LogP contribution in [0.4, 0.5) is 0 Å². The molecule has 5 aromatic heterocycles. The van der Waals surface area contributed by atoms with Crippen LogP contribution < -0.4 is 0 Å². The fourth-order valence-electron chi connectivity index (χ4n) is 8.79. The molecule has 242 valence electrons. The molecule has 0 aliphatic carbocycles. The van der Waals surface area contributed by atoms with Gasteiger partial charge in [-0.05, 0) is 60.7 Å². The van der Waals surface area contributed by atoms with E-state index >= 15 is 0 Å². The first kappa shape index (κ1) is 28.1. The minimum absolute atomic E-state index is 1.04. The van der Waals surface area contributed by atoms with Crippen molar-refractivity contribution >= 4 is 97.1 Å². The van der Waals surface area contributed by atoms with Crippen molar-refractivity contribution in [2.45, 2.75) is 0 Å². The maximum atomic E-state index is 4.99. The summed E-state index contributed by atoms with van der Waals surface area (Å²) < 4.78 is 8.52. The fourth-order valence-corrected chi connectivity index (χ4v) is 9.96. The molecule has 5 heteroatoms. The van der Waals surface area contributed by atoms with Gasteiger partial charge in [-0.15, -0.1) is 11.3 Å². The monoisotopic (exact) mass is 680 g/mol. The quantitative estimate of drug-likeness (QED) is 0.182. The summed E-state index contributed by atoms with van der Waals surface area (Å²) in [4.78, 5) is 6.03. The van der Waals surface area contributed by atoms with Crippen molar-refractivity contribution in [3.63, 3.8) is 0 Å². The maximum Gasteiger partial charge on any atom is 0.126 e. The molecular weight excluding hydrogens is 653 g/mol. The average molecular weight is 681 g/mol. The largest absolute Gasteiger partial charge is 0.309 e. The second kappa shape index (κ2) is 10.4. The molecule has 5 heterocycles. The zero-order valence-corrected chi connectivity index (χ0v) is 28.7. The number of rotatable bonds is 3. The van der Waals surface area contributed by atoms with E-state index in [9.17, 15) is 0 Å². The molecule has 0 saturated heterocycles. The van der Waals surface area contributed by atoms with Crippen LogP contribution in [0.2, 0.25) is 0 Å². The van der Waals surface area contributed by atoms with Crippen molar-refractivity contribution in [3.05, 3.63) is 170 Å². The Labute approximate surface area is 301 Å². The number of benzene rings is 7. The molecular formula is C47H28N4S. The Kier molecular flexibility index (Phi) is 5.62. The third kappa shape index (κ3) is 3.67. The van der Waals surface area contributed by atoms with Crippen molar-refractivity contribution in [1.29, 1.82) is 0 Å². The number of thiophene rings is 1. The van der Waals surface area contributed by atoms with Gasteiger partial charge in [0.05, 0.1) is 49.2 Å². The maximum absolute atomic E-state index is 4.99. The highest BCUT2D eigenvalue weighted by Gasteiger charge is 2.21. The Morgan fingerprint density at radius 2 is 0.827 bits per heavy atom. The molecule has 7 aromatic carbocycles. The molecule has 0 unspecified atom stereocenters. The molecule has 12 aromatic rings. The van der Waals surface area contributed by atoms with Crippen LogP contribution in [0.5, 0.6) is 0 Å². The van der Waals surface area contributed by atoms with Crippen molar-refractivity contribution < 1.29 is 0 Å². The summed E-state index contributed by atoms with van der Waals surface area (Å²) in [6.07, 6.45) is 1.97. The highest BCUT2D eigenvalue weighted by atomic mass is 32.1. The molecule has 0 atom stereocenters. The summed E-state index contributed by atoms with van der Waals surface area (Å²) >= 11 is 1.78. The number of para-hydroxylation sites is 5. The van der Waals surface area contributed by atoms with Gasteiger partial charge in [0.25, 0.3) is 0 Å². The van der Waals surface area contributed by atoms with E-state index in [0.717, 1.165) is 16.2 Å². The van der Waals surface area contributed by atoms with Crippen LogP contribution in [-0.4, -0.2) is 18.7 Å². The summed E-state index contributed by atoms with van der Waals surface area (Å²) in [5, 5.41) is 9.92. The van der Waals surface area contributed by atoms with E-state index < -0.39 is 0 Å². The second-order valence-electron chi connectivity index (χ2n) is 13.6. The highest BCUT2D eigenvalue weighted by Crippen LogP contribution is 2.44. The third-order valence-corrected chi connectivity index (χ3v) is 12.0. The first-order chi connectivity index (χ1) is 25.8. The van der Waals surface area contributed by atoms with Crippen LogP contribution in [0.15, 0.2) is 170 Å². The lowest BCUT2D eigenvalue weighted by Gasteiger charge is -2.12. The van der Waals surface area contributed by atoms with Gasteiger partial charge in [0.1, 0.15) is 4.83 Å². The Bertz CT molecular complexity index is 3320. The van der Waals surface area contributed by atoms with Gasteiger partial charge >= 0.3 is 0 Å². The summed E-state index contributed by atoms with van der Waals surface area (Å²) in [5.74, 6) is 0. The Morgan fingerprint density at radius 3 is 1.40 bits per heavy atom. The number of aromatic nitrogens is 4. The molecule has 0 aliphatic heterocycles. The van der Waals surface area contributed by atoms with Crippen molar-refractivity contribution in [3.8, 4) is 17.1 Å². The molecule has 4 nitrogen and oxygen atoms in total. The van der Waals surface area contributed by atoms with Crippen LogP contribution in [0, 0.1) is 0 Å². The van der Waals surface area contributed by atoms with Gasteiger partial charge in [0.15, 0.2) is 0 Å². The molecule has 52 heavy (non-hydrogen) atoms. The zero-order valence-electron chi connectivity index (χ0n) is 27.9. The average Bonchev–Trinajstić information content (AvgIpc) is 3.94. The lowest BCUT2D eigenvalue weighted by atomic mass is 10.1. The molecule has 0 amide bonds. The second-order valence-corrected chi connectivity index (χ2v) is 14.6. The fraction of sp³-hybridized carbons (Fsp3) is 0. The lowest BCUT2D eigenvalue weighted by Crippen LogP contribution is -1.97. The van der Waals surface area contributed by atoms with Gasteiger partial charge in [-0.1, -0.05) is 103 Å². The van der Waals surface area contributed by atoms with Crippen LogP contribution in [0.3, 0.4) is 0 Å². The minimum Gasteiger partial charge on any atom is -0.309 e. The standard InChI is InChI=1S/C47H28N4S/c1-6-18-37-30(12-1)31-13-2-7-19-38(31)49(37)29-24-25-42-36(28-29)34-16-5-10-22-41(34)50(42)43-26-27-48-47-45(43)35-17-11-23-44(46(35)52-47)51-39-20-8-3-14-32(39)33-15-4-9-21-40(33)51/h1-28H. The van der Waals surface area contributed by atoms with Crippen LogP contribution >= 0.6 is 11.3 Å². The highest BCUT2D eigenvalue weighted by molar-refractivity contribution is 7.26. The number of hydrogen-bond donors (Lipinski definition) is 0. The summed E-state index contributed by atoms with van der Waals surface area (Å²) in [6, 6.07) is 59.6. The van der Waals surface area contributed by atoms with Crippen LogP contribution in [0.25, 0.3) is 103 Å². The van der Waals surface area contributed by atoms with E-state index in [-0.39, 0.29) is 0 Å². The first-order valence-corrected chi connectivity index (χ1v) is 18.5. The minimum atomic E-state index is 1.04. The number of hydrogen-bond acceptors (Lipinski definition) is 2. The number of fused-ring (bicyclic) bond motifs is 12. The molecule has 0 saturated carbocycles. The van der Waals surface area contributed by atoms with E-state index in [4.69, 9.17) is 4.98 Å². The number of pyridine rings is 1. The normalized spacial score (nSPS) is 12.2. The first-order valence-electron chi connectivity index (χ1n) is 17.6. The zero-order chi connectivity index (χ0) is 33.9. The van der Waals surface area contributed by atoms with E-state index in [2.05, 4.69) is 177 Å². The van der Waals surface area contributed by atoms with Gasteiger partial charge in [-0.2, -0.15) is 0 Å². The molecule has 0 spiro atoms. The molecule has 0 bridgehead atoms. The molecule has 0 radical (unpaired) electrons. The molecule has 0 aliphatic rings. The van der Waals surface area contributed by atoms with Gasteiger partial charge in [0.2, 0.25) is 0 Å². The van der Waals surface area contributed by atoms with Gasteiger partial charge < -0.3 is 13.7 Å². The van der Waals surface area contributed by atoms with Gasteiger partial charge in [0, 0.05) is 55.0 Å². The SMILES string of the molecule is c1cc(-n2c3ccccc3c3ccccc32)c2sc3nccc(-n4c5ccccc5c5cc(-n6c7ccccc7c7ccccc76)ccc54)c3c2c1. The van der Waals surface area contributed by atoms with Crippen LogP contribution in [-0.2, 0) is 0 Å². The smallest absolute Gasteiger partial charge is 0.126 e. The van der Waals surface area contributed by atoms with Crippen molar-refractivity contribution in [2.75, 3.05) is 0 Å². The van der Waals surface area contributed by atoms with E-state index in [1.165, 1.54) is 86.6 Å². The summed E-state index contributed by atoms with van der Waals surface area (Å²) in [6.45, 7) is 0. The van der Waals surface area contributed by atoms with Crippen molar-refractivity contribution in [1.82, 2.24) is 18.7 Å². The lowest BCUT2D eigenvalue weighted by molar-refractivity contribution is 1.17. The van der Waals surface area contributed by atoms with E-state index in [0.29, 0.717) is 0 Å². The van der Waals surface area contributed by atoms with E-state index in [1.54, 1.807) is 11.3 Å². The predicted octanol–water partition coefficient (Wildman–Crippen LogP) is 12.7. The Hall–Kier alpha value is -6.69. The Morgan fingerprint density at radius 1 is 0.365 bits per heavy atom. The third-order valence-electron chi connectivity index (χ3n) is 10.9. The molecule has 12 rings (SSSR count). The number of nitrogens with zero attached hydrogens (tertiary/aromatic N) is 4. The predicted molar refractivity (Wildman–Crippen MR) is 220 cm³/mol. The van der Waals surface area contributed by atoms with Gasteiger partial charge in [-0.25, -0.2) is 4.98 Å². The summed E-state index contributed by atoms with van der Waals surface area (Å²) in [5.41, 5.74) is 10.7. The topological polar surface area (TPSA) is 27.7 Å². The van der Waals surface area contributed by atoms with Crippen molar-refractivity contribution in [2.24, 2.45) is 0 Å². The summed E-state index contributed by atoms with van der Waals surface area (Å²) in [7, 11) is 0. The van der Waals surface area contributed by atoms with Gasteiger partial charge in [-0.3, -0.25) is 0 Å². The van der Waals surface area contributed by atoms with Crippen LogP contribution in [0.1, 0.15) is 0 Å². The molecule has 0 fully saturated rings. The van der Waals surface area contributed by atoms with E-state index in [1.807, 2.05) is 6.20 Å². The Balaban J connectivity index is 1.13.